The lowest BCUT2D eigenvalue weighted by Gasteiger charge is -2.40. The maximum absolute atomic E-state index is 13.0. The van der Waals surface area contributed by atoms with Crippen molar-refractivity contribution in [2.45, 2.75) is 42.2 Å². The Morgan fingerprint density at radius 2 is 1.00 bits per heavy atom. The molecule has 0 aliphatic heterocycles. The van der Waals surface area contributed by atoms with Crippen molar-refractivity contribution >= 4 is 7.60 Å². The fourth-order valence-electron chi connectivity index (χ4n) is 1.24. The molecular formula is C8H5F13O3P-. The first-order valence-corrected chi connectivity index (χ1v) is 7.20. The summed E-state index contributed by atoms with van der Waals surface area (Å²) in [5.74, 6) is -37.9. The maximum Gasteiger partial charge on any atom is 0.460 e. The Morgan fingerprint density at radius 3 is 1.28 bits per heavy atom. The highest BCUT2D eigenvalue weighted by molar-refractivity contribution is 7.50. The fourth-order valence-corrected chi connectivity index (χ4v) is 1.80. The lowest BCUT2D eigenvalue weighted by molar-refractivity contribution is -0.439. The number of hydrogen-bond donors (Lipinski definition) is 1. The molecule has 0 amide bonds. The molecule has 0 bridgehead atoms. The molecule has 0 aromatic rings. The molecule has 0 saturated heterocycles. The van der Waals surface area contributed by atoms with Crippen molar-refractivity contribution < 1.29 is 71.4 Å². The molecule has 0 fully saturated rings. The predicted molar refractivity (Wildman–Crippen MR) is 50.1 cm³/mol. The van der Waals surface area contributed by atoms with Crippen LogP contribution in [0.25, 0.3) is 0 Å². The summed E-state index contributed by atoms with van der Waals surface area (Å²) < 4.78 is 174. The highest BCUT2D eigenvalue weighted by Crippen LogP contribution is 2.60. The molecule has 0 aromatic carbocycles. The molecule has 0 aliphatic carbocycles. The van der Waals surface area contributed by atoms with E-state index in [1.165, 1.54) is 0 Å². The third-order valence-corrected chi connectivity index (χ3v) is 3.50. The molecule has 152 valence electrons. The van der Waals surface area contributed by atoms with Gasteiger partial charge in [-0.25, -0.2) is 0 Å². The van der Waals surface area contributed by atoms with Crippen LogP contribution in [0.4, 0.5) is 57.1 Å². The van der Waals surface area contributed by atoms with Gasteiger partial charge in [-0.2, -0.15) is 57.1 Å². The summed E-state index contributed by atoms with van der Waals surface area (Å²) in [7, 11) is -5.81. The topological polar surface area (TPSA) is 60.4 Å². The van der Waals surface area contributed by atoms with Crippen LogP contribution in [0.1, 0.15) is 6.42 Å². The monoisotopic (exact) mass is 427 g/mol. The molecule has 3 nitrogen and oxygen atoms in total. The number of alkyl halides is 13. The van der Waals surface area contributed by atoms with Gasteiger partial charge in [0.2, 0.25) is 0 Å². The number of rotatable bonds is 7. The van der Waals surface area contributed by atoms with Crippen LogP contribution < -0.4 is 4.89 Å². The molecule has 0 rings (SSSR count). The minimum absolute atomic E-state index is 2.38. The van der Waals surface area contributed by atoms with Crippen molar-refractivity contribution in [2.75, 3.05) is 6.16 Å². The van der Waals surface area contributed by atoms with E-state index in [-0.39, 0.29) is 0 Å². The van der Waals surface area contributed by atoms with Gasteiger partial charge < -0.3 is 14.4 Å². The summed E-state index contributed by atoms with van der Waals surface area (Å²) in [6.45, 7) is 0. The van der Waals surface area contributed by atoms with E-state index < -0.39 is 56.0 Å². The Bertz CT molecular complexity index is 534. The summed E-state index contributed by atoms with van der Waals surface area (Å²) in [6, 6.07) is 0. The van der Waals surface area contributed by atoms with E-state index in [1.807, 2.05) is 0 Å². The Balaban J connectivity index is 6.07. The molecule has 1 atom stereocenters. The molecule has 0 aliphatic rings. The quantitative estimate of drug-likeness (QED) is 0.499. The first-order valence-electron chi connectivity index (χ1n) is 5.44. The van der Waals surface area contributed by atoms with Gasteiger partial charge in [0.05, 0.1) is 0 Å². The highest BCUT2D eigenvalue weighted by atomic mass is 31.2. The second-order valence-corrected chi connectivity index (χ2v) is 6.33. The normalized spacial score (nSPS) is 18.2. The lowest BCUT2D eigenvalue weighted by Crippen LogP contribution is -2.70. The summed E-state index contributed by atoms with van der Waals surface area (Å²) in [5, 5.41) is 0. The summed E-state index contributed by atoms with van der Waals surface area (Å²) in [4.78, 5) is 18.2. The van der Waals surface area contributed by atoms with E-state index in [4.69, 9.17) is 4.89 Å². The number of halogens is 13. The van der Waals surface area contributed by atoms with Gasteiger partial charge in [-0.05, 0) is 0 Å². The van der Waals surface area contributed by atoms with Gasteiger partial charge in [0, 0.05) is 12.6 Å². The van der Waals surface area contributed by atoms with Gasteiger partial charge in [0.25, 0.3) is 0 Å². The molecule has 1 N–H and O–H groups in total. The summed E-state index contributed by atoms with van der Waals surface area (Å²) >= 11 is 0. The predicted octanol–water partition coefficient (Wildman–Crippen LogP) is 3.66. The fraction of sp³-hybridized carbons (Fsp3) is 1.00. The van der Waals surface area contributed by atoms with Crippen LogP contribution in [-0.4, -0.2) is 46.8 Å². The first kappa shape index (κ1) is 24.2. The highest BCUT2D eigenvalue weighted by Gasteiger charge is 2.90. The van der Waals surface area contributed by atoms with Crippen LogP contribution in [0.15, 0.2) is 0 Å². The summed E-state index contributed by atoms with van der Waals surface area (Å²) in [6.07, 6.45) is -12.9. The van der Waals surface area contributed by atoms with Crippen LogP contribution in [0, 0.1) is 0 Å². The van der Waals surface area contributed by atoms with Crippen molar-refractivity contribution in [3.63, 3.8) is 0 Å². The maximum atomic E-state index is 13.0. The third-order valence-electron chi connectivity index (χ3n) is 2.71. The third kappa shape index (κ3) is 3.99. The van der Waals surface area contributed by atoms with E-state index in [0.717, 1.165) is 0 Å². The molecule has 0 heterocycles. The van der Waals surface area contributed by atoms with Gasteiger partial charge in [0.15, 0.2) is 0 Å². The average Bonchev–Trinajstić information content (AvgIpc) is 2.33. The van der Waals surface area contributed by atoms with Crippen molar-refractivity contribution in [1.29, 1.82) is 0 Å². The molecule has 0 saturated carbocycles. The van der Waals surface area contributed by atoms with E-state index in [0.29, 0.717) is 0 Å². The second kappa shape index (κ2) is 6.15. The van der Waals surface area contributed by atoms with Gasteiger partial charge in [-0.1, -0.05) is 0 Å². The standard InChI is InChI=1S/C8H6F13O3P/c9-3(10,1-2-25(22,23)24)4(11,12)5(13,14)6(15,16)7(17,18)8(19,20)21/h1-2H2,(H2,22,23,24)/p-1. The van der Waals surface area contributed by atoms with Crippen molar-refractivity contribution in [3.8, 4) is 0 Å². The smallest absolute Gasteiger partial charge is 0.460 e. The zero-order valence-corrected chi connectivity index (χ0v) is 11.9. The molecule has 1 unspecified atom stereocenters. The zero-order chi connectivity index (χ0) is 20.9. The van der Waals surface area contributed by atoms with E-state index in [1.54, 1.807) is 0 Å². The average molecular weight is 427 g/mol. The van der Waals surface area contributed by atoms with Crippen LogP contribution in [0.2, 0.25) is 0 Å². The van der Waals surface area contributed by atoms with E-state index >= 15 is 0 Å². The van der Waals surface area contributed by atoms with Crippen LogP contribution in [0.3, 0.4) is 0 Å². The minimum Gasteiger partial charge on any atom is -0.779 e. The number of hydrogen-bond acceptors (Lipinski definition) is 2. The largest absolute Gasteiger partial charge is 0.779 e. The van der Waals surface area contributed by atoms with Gasteiger partial charge in [-0.15, -0.1) is 0 Å². The SMILES string of the molecule is O=P([O-])(O)CCC(F)(F)C(F)(F)C(F)(F)C(F)(F)C(F)(F)C(F)(F)F. The van der Waals surface area contributed by atoms with Crippen molar-refractivity contribution in [1.82, 2.24) is 0 Å². The molecular weight excluding hydrogens is 422 g/mol. The zero-order valence-electron chi connectivity index (χ0n) is 11.0. The Hall–Kier alpha value is -0.760. The second-order valence-electron chi connectivity index (χ2n) is 4.61. The lowest BCUT2D eigenvalue weighted by atomic mass is 9.93. The van der Waals surface area contributed by atoms with Gasteiger partial charge in [0.1, 0.15) is 7.60 Å². The van der Waals surface area contributed by atoms with Crippen molar-refractivity contribution in [2.24, 2.45) is 0 Å². The molecule has 0 aromatic heterocycles. The van der Waals surface area contributed by atoms with Crippen LogP contribution >= 0.6 is 7.60 Å². The van der Waals surface area contributed by atoms with Crippen molar-refractivity contribution in [3.05, 3.63) is 0 Å². The summed E-state index contributed by atoms with van der Waals surface area (Å²) in [5.41, 5.74) is 0. The van der Waals surface area contributed by atoms with Gasteiger partial charge >= 0.3 is 35.8 Å². The van der Waals surface area contributed by atoms with Crippen LogP contribution in [-0.2, 0) is 4.57 Å². The molecule has 0 radical (unpaired) electrons. The van der Waals surface area contributed by atoms with Crippen LogP contribution in [0.5, 0.6) is 0 Å². The Morgan fingerprint density at radius 1 is 0.680 bits per heavy atom. The molecule has 0 spiro atoms. The Kier molecular flexibility index (Phi) is 5.96. The van der Waals surface area contributed by atoms with Gasteiger partial charge in [-0.3, -0.25) is 0 Å². The first-order chi connectivity index (χ1) is 10.5. The van der Waals surface area contributed by atoms with E-state index in [2.05, 4.69) is 0 Å². The van der Waals surface area contributed by atoms with E-state index in [9.17, 15) is 66.5 Å². The minimum atomic E-state index is -8.04. The molecule has 17 heteroatoms. The Labute approximate surface area is 128 Å². The molecule has 25 heavy (non-hydrogen) atoms.